The molecule has 8 heteroatoms. The van der Waals surface area contributed by atoms with Gasteiger partial charge in [-0.2, -0.15) is 13.2 Å². The molecule has 3 nitrogen and oxygen atoms in total. The molecular formula is C8H4F3N3S2. The highest BCUT2D eigenvalue weighted by molar-refractivity contribution is 7.71. The molecule has 0 bridgehead atoms. The molecule has 0 radical (unpaired) electrons. The topological polar surface area (TPSA) is 41.6 Å². The van der Waals surface area contributed by atoms with Crippen molar-refractivity contribution < 1.29 is 13.2 Å². The summed E-state index contributed by atoms with van der Waals surface area (Å²) in [6.45, 7) is 0. The number of nitrogens with zero attached hydrogens (tertiary/aromatic N) is 2. The van der Waals surface area contributed by atoms with E-state index in [9.17, 15) is 13.2 Å². The minimum Gasteiger partial charge on any atom is -0.330 e. The number of H-pyrrole nitrogens is 1. The van der Waals surface area contributed by atoms with Crippen LogP contribution >= 0.6 is 23.6 Å². The van der Waals surface area contributed by atoms with E-state index < -0.39 is 11.2 Å². The lowest BCUT2D eigenvalue weighted by atomic mass is 10.4. The first kappa shape index (κ1) is 11.2. The van der Waals surface area contributed by atoms with E-state index in [2.05, 4.69) is 15.0 Å². The Morgan fingerprint density at radius 1 is 1.31 bits per heavy atom. The molecule has 0 aliphatic carbocycles. The van der Waals surface area contributed by atoms with Gasteiger partial charge in [0, 0.05) is 12.4 Å². The highest BCUT2D eigenvalue weighted by atomic mass is 32.1. The molecule has 84 valence electrons. The number of aromatic nitrogens is 3. The zero-order valence-corrected chi connectivity index (χ0v) is 9.21. The fourth-order valence-electron chi connectivity index (χ4n) is 1.04. The Kier molecular flexibility index (Phi) is 2.76. The maximum absolute atomic E-state index is 12.3. The lowest BCUT2D eigenvalue weighted by molar-refractivity contribution is -0.137. The molecule has 0 saturated heterocycles. The van der Waals surface area contributed by atoms with Crippen molar-refractivity contribution in [3.63, 3.8) is 0 Å². The molecule has 0 saturated carbocycles. The second-order valence-electron chi connectivity index (χ2n) is 2.82. The van der Waals surface area contributed by atoms with E-state index in [4.69, 9.17) is 12.2 Å². The van der Waals surface area contributed by atoms with Crippen LogP contribution in [0, 0.1) is 4.77 Å². The summed E-state index contributed by atoms with van der Waals surface area (Å²) < 4.78 is 37.1. The number of aromatic amines is 1. The number of thiazole rings is 1. The predicted octanol–water partition coefficient (Wildman–Crippen LogP) is 3.28. The molecule has 16 heavy (non-hydrogen) atoms. The van der Waals surface area contributed by atoms with Crippen molar-refractivity contribution in [2.45, 2.75) is 6.18 Å². The maximum atomic E-state index is 12.3. The van der Waals surface area contributed by atoms with Crippen LogP contribution in [0.3, 0.4) is 0 Å². The van der Waals surface area contributed by atoms with Gasteiger partial charge >= 0.3 is 6.18 Å². The van der Waals surface area contributed by atoms with Crippen LogP contribution in [0.4, 0.5) is 13.2 Å². The van der Waals surface area contributed by atoms with Crippen molar-refractivity contribution >= 4 is 23.6 Å². The van der Waals surface area contributed by atoms with E-state index in [0.717, 1.165) is 6.20 Å². The van der Waals surface area contributed by atoms with Crippen LogP contribution in [0.1, 0.15) is 5.01 Å². The van der Waals surface area contributed by atoms with Crippen LogP contribution < -0.4 is 0 Å². The molecule has 0 unspecified atom stereocenters. The Morgan fingerprint density at radius 2 is 2.06 bits per heavy atom. The minimum absolute atomic E-state index is 0.222. The molecule has 0 fully saturated rings. The fraction of sp³-hybridized carbons (Fsp3) is 0.125. The van der Waals surface area contributed by atoms with E-state index >= 15 is 0 Å². The van der Waals surface area contributed by atoms with Crippen LogP contribution in [0.5, 0.6) is 0 Å². The number of nitrogens with one attached hydrogen (secondary N) is 1. The monoisotopic (exact) mass is 263 g/mol. The first-order valence-electron chi connectivity index (χ1n) is 4.05. The Balaban J connectivity index is 2.43. The standard InChI is InChI=1S/C8H4F3N3S2/c9-8(10,11)6-13-3-5(16-6)4-1-2-12-7(15)14-4/h1-3H,(H,12,14,15). The average molecular weight is 263 g/mol. The normalized spacial score (nSPS) is 11.7. The first-order valence-corrected chi connectivity index (χ1v) is 5.28. The molecule has 2 rings (SSSR count). The van der Waals surface area contributed by atoms with Gasteiger partial charge in [-0.25, -0.2) is 9.97 Å². The van der Waals surface area contributed by atoms with Crippen molar-refractivity contribution in [1.82, 2.24) is 15.0 Å². The molecule has 0 spiro atoms. The summed E-state index contributed by atoms with van der Waals surface area (Å²) in [5, 5.41) is -0.876. The van der Waals surface area contributed by atoms with Crippen molar-refractivity contribution in [3.8, 4) is 10.6 Å². The van der Waals surface area contributed by atoms with Gasteiger partial charge in [-0.05, 0) is 18.3 Å². The summed E-state index contributed by atoms with van der Waals surface area (Å²) in [6.07, 6.45) is -1.82. The molecule has 0 aliphatic rings. The quantitative estimate of drug-likeness (QED) is 0.803. The van der Waals surface area contributed by atoms with Crippen LogP contribution in [0.2, 0.25) is 0 Å². The van der Waals surface area contributed by atoms with Crippen molar-refractivity contribution in [2.24, 2.45) is 0 Å². The molecule has 1 N–H and O–H groups in total. The lowest BCUT2D eigenvalue weighted by Gasteiger charge is -1.99. The summed E-state index contributed by atoms with van der Waals surface area (Å²) in [5.74, 6) is 0. The molecule has 0 amide bonds. The fourth-order valence-corrected chi connectivity index (χ4v) is 1.98. The molecular weight excluding hydrogens is 259 g/mol. The second kappa shape index (κ2) is 3.95. The Labute approximate surface area is 97.0 Å². The third kappa shape index (κ3) is 2.27. The first-order chi connectivity index (χ1) is 7.47. The summed E-state index contributed by atoms with van der Waals surface area (Å²) in [6, 6.07) is 1.55. The summed E-state index contributed by atoms with van der Waals surface area (Å²) >= 11 is 5.34. The van der Waals surface area contributed by atoms with Gasteiger partial charge < -0.3 is 4.98 Å². The third-order valence-corrected chi connectivity index (χ3v) is 2.97. The van der Waals surface area contributed by atoms with E-state index in [1.807, 2.05) is 0 Å². The Morgan fingerprint density at radius 3 is 2.62 bits per heavy atom. The van der Waals surface area contributed by atoms with E-state index in [-0.39, 0.29) is 4.77 Å². The van der Waals surface area contributed by atoms with Gasteiger partial charge in [0.05, 0.1) is 10.6 Å². The zero-order valence-electron chi connectivity index (χ0n) is 7.58. The number of hydrogen-bond donors (Lipinski definition) is 1. The third-order valence-electron chi connectivity index (χ3n) is 1.69. The minimum atomic E-state index is -4.41. The smallest absolute Gasteiger partial charge is 0.330 e. The van der Waals surface area contributed by atoms with Gasteiger partial charge in [-0.3, -0.25) is 0 Å². The number of halogens is 3. The molecule has 2 aromatic heterocycles. The molecule has 2 aromatic rings. The van der Waals surface area contributed by atoms with Gasteiger partial charge in [-0.1, -0.05) is 0 Å². The van der Waals surface area contributed by atoms with Crippen LogP contribution in [-0.2, 0) is 6.18 Å². The largest absolute Gasteiger partial charge is 0.443 e. The van der Waals surface area contributed by atoms with E-state index in [1.165, 1.54) is 6.20 Å². The number of alkyl halides is 3. The summed E-state index contributed by atoms with van der Waals surface area (Å²) in [7, 11) is 0. The highest BCUT2D eigenvalue weighted by Crippen LogP contribution is 2.35. The average Bonchev–Trinajstić information content (AvgIpc) is 2.65. The van der Waals surface area contributed by atoms with Gasteiger partial charge in [0.2, 0.25) is 0 Å². The zero-order chi connectivity index (χ0) is 11.8. The second-order valence-corrected chi connectivity index (χ2v) is 4.23. The molecule has 0 atom stereocenters. The number of rotatable bonds is 1. The van der Waals surface area contributed by atoms with Gasteiger partial charge in [0.15, 0.2) is 9.78 Å². The van der Waals surface area contributed by atoms with Crippen molar-refractivity contribution in [3.05, 3.63) is 28.2 Å². The molecule has 2 heterocycles. The van der Waals surface area contributed by atoms with E-state index in [1.54, 1.807) is 6.07 Å². The summed E-state index contributed by atoms with van der Waals surface area (Å²) in [4.78, 5) is 10.1. The van der Waals surface area contributed by atoms with Gasteiger partial charge in [0.1, 0.15) is 0 Å². The molecule has 0 aliphatic heterocycles. The Hall–Kier alpha value is -1.28. The maximum Gasteiger partial charge on any atom is 0.443 e. The number of hydrogen-bond acceptors (Lipinski definition) is 4. The lowest BCUT2D eigenvalue weighted by Crippen LogP contribution is -2.02. The predicted molar refractivity (Wildman–Crippen MR) is 55.5 cm³/mol. The van der Waals surface area contributed by atoms with Crippen LogP contribution in [0.15, 0.2) is 18.5 Å². The highest BCUT2D eigenvalue weighted by Gasteiger charge is 2.34. The summed E-state index contributed by atoms with van der Waals surface area (Å²) in [5.41, 5.74) is 0.480. The Bertz CT molecular complexity index is 558. The molecule has 0 aromatic carbocycles. The SMILES string of the molecule is FC(F)(F)c1ncc(-c2ccnc(=S)[nH]2)s1. The van der Waals surface area contributed by atoms with Gasteiger partial charge in [0.25, 0.3) is 0 Å². The van der Waals surface area contributed by atoms with E-state index in [0.29, 0.717) is 21.9 Å². The van der Waals surface area contributed by atoms with Gasteiger partial charge in [-0.15, -0.1) is 11.3 Å². The van der Waals surface area contributed by atoms with Crippen molar-refractivity contribution in [2.75, 3.05) is 0 Å². The van der Waals surface area contributed by atoms with Crippen LogP contribution in [-0.4, -0.2) is 15.0 Å². The van der Waals surface area contributed by atoms with Crippen molar-refractivity contribution in [1.29, 1.82) is 0 Å². The van der Waals surface area contributed by atoms with Crippen LogP contribution in [0.25, 0.3) is 10.6 Å².